The van der Waals surface area contributed by atoms with Crippen LogP contribution in [-0.4, -0.2) is 29.1 Å². The number of halogens is 5. The molecule has 0 amide bonds. The predicted molar refractivity (Wildman–Crippen MR) is 39.4 cm³/mol. The largest absolute Gasteiger partial charge is 0.456 e. The van der Waals surface area contributed by atoms with Crippen molar-refractivity contribution in [2.24, 2.45) is 5.92 Å². The molecule has 1 rings (SSSR count). The number of rotatable bonds is 2. The van der Waals surface area contributed by atoms with Crippen LogP contribution in [-0.2, 0) is 4.79 Å². The minimum absolute atomic E-state index is 0.0460. The second kappa shape index (κ2) is 3.70. The molecule has 0 radical (unpaired) electrons. The Balaban J connectivity index is 2.83. The van der Waals surface area contributed by atoms with Crippen LogP contribution in [0.1, 0.15) is 19.3 Å². The number of aliphatic hydroxyl groups is 1. The molecule has 1 fully saturated rings. The molecule has 0 aromatic carbocycles. The van der Waals surface area contributed by atoms with Crippen LogP contribution in [0.2, 0.25) is 0 Å². The quantitative estimate of drug-likeness (QED) is 0.738. The maximum absolute atomic E-state index is 12.6. The second-order valence-electron chi connectivity index (χ2n) is 3.53. The van der Waals surface area contributed by atoms with Crippen molar-refractivity contribution < 1.29 is 31.9 Å². The Morgan fingerprint density at radius 1 is 1.27 bits per heavy atom. The van der Waals surface area contributed by atoms with E-state index in [2.05, 4.69) is 0 Å². The Hall–Kier alpha value is -0.720. The van der Waals surface area contributed by atoms with Gasteiger partial charge in [0.25, 0.3) is 0 Å². The molecule has 15 heavy (non-hydrogen) atoms. The monoisotopic (exact) mass is 232 g/mol. The van der Waals surface area contributed by atoms with Crippen LogP contribution in [0.15, 0.2) is 0 Å². The summed E-state index contributed by atoms with van der Waals surface area (Å²) in [6, 6.07) is 0. The van der Waals surface area contributed by atoms with Gasteiger partial charge in [-0.3, -0.25) is 4.79 Å². The fourth-order valence-corrected chi connectivity index (χ4v) is 1.60. The number of carbonyl (C=O) groups excluding carboxylic acids is 1. The Morgan fingerprint density at radius 3 is 2.13 bits per heavy atom. The Morgan fingerprint density at radius 2 is 1.80 bits per heavy atom. The average molecular weight is 232 g/mol. The van der Waals surface area contributed by atoms with E-state index in [4.69, 9.17) is 5.11 Å². The standard InChI is InChI=1S/C8H9F5O2/c9-7(10,8(11,12)13)6(15)4-2-1-3-5(4)14/h4,6,15H,1-3H2/t4-,6+/m1/s1. The van der Waals surface area contributed by atoms with Crippen molar-refractivity contribution in [3.05, 3.63) is 0 Å². The van der Waals surface area contributed by atoms with E-state index in [-0.39, 0.29) is 19.3 Å². The molecule has 0 bridgehead atoms. The normalized spacial score (nSPS) is 25.7. The summed E-state index contributed by atoms with van der Waals surface area (Å²) in [5, 5.41) is 8.89. The third-order valence-corrected chi connectivity index (χ3v) is 2.48. The SMILES string of the molecule is O=C1CCC[C@H]1[C@H](O)C(F)(F)C(F)(F)F. The van der Waals surface area contributed by atoms with Crippen molar-refractivity contribution in [3.63, 3.8) is 0 Å². The number of Topliss-reactive ketones (excluding diaryl/α,β-unsaturated/α-hetero) is 1. The van der Waals surface area contributed by atoms with Gasteiger partial charge in [-0.2, -0.15) is 22.0 Å². The van der Waals surface area contributed by atoms with Crippen molar-refractivity contribution in [2.75, 3.05) is 0 Å². The van der Waals surface area contributed by atoms with Gasteiger partial charge in [0.15, 0.2) is 0 Å². The Labute approximate surface area is 82.1 Å². The van der Waals surface area contributed by atoms with Crippen LogP contribution in [0.3, 0.4) is 0 Å². The highest BCUT2D eigenvalue weighted by Gasteiger charge is 2.64. The average Bonchev–Trinajstić information content (AvgIpc) is 2.48. The first kappa shape index (κ1) is 12.4. The van der Waals surface area contributed by atoms with Gasteiger partial charge in [0.2, 0.25) is 0 Å². The first-order chi connectivity index (χ1) is 6.68. The molecule has 7 heteroatoms. The molecule has 1 aliphatic rings. The number of hydrogen-bond acceptors (Lipinski definition) is 2. The fraction of sp³-hybridized carbons (Fsp3) is 0.875. The van der Waals surface area contributed by atoms with E-state index < -0.39 is 29.9 Å². The van der Waals surface area contributed by atoms with E-state index in [1.165, 1.54) is 0 Å². The van der Waals surface area contributed by atoms with Crippen LogP contribution in [0.5, 0.6) is 0 Å². The van der Waals surface area contributed by atoms with Crippen LogP contribution < -0.4 is 0 Å². The van der Waals surface area contributed by atoms with Gasteiger partial charge in [-0.1, -0.05) is 0 Å². The van der Waals surface area contributed by atoms with E-state index in [1.807, 2.05) is 0 Å². The molecule has 0 heterocycles. The molecule has 1 N–H and O–H groups in total. The zero-order valence-electron chi connectivity index (χ0n) is 7.52. The summed E-state index contributed by atoms with van der Waals surface area (Å²) in [5.74, 6) is -7.55. The van der Waals surface area contributed by atoms with Gasteiger partial charge in [0, 0.05) is 12.3 Å². The molecule has 0 aromatic heterocycles. The van der Waals surface area contributed by atoms with Crippen LogP contribution in [0.25, 0.3) is 0 Å². The highest BCUT2D eigenvalue weighted by atomic mass is 19.4. The highest BCUT2D eigenvalue weighted by Crippen LogP contribution is 2.42. The minimum Gasteiger partial charge on any atom is -0.386 e. The third-order valence-electron chi connectivity index (χ3n) is 2.48. The molecule has 1 aliphatic carbocycles. The van der Waals surface area contributed by atoms with Crippen molar-refractivity contribution in [3.8, 4) is 0 Å². The van der Waals surface area contributed by atoms with Gasteiger partial charge in [-0.25, -0.2) is 0 Å². The summed E-state index contributed by atoms with van der Waals surface area (Å²) in [7, 11) is 0. The lowest BCUT2D eigenvalue weighted by atomic mass is 9.94. The number of ketones is 1. The molecule has 0 aromatic rings. The molecule has 0 unspecified atom stereocenters. The highest BCUT2D eigenvalue weighted by molar-refractivity contribution is 5.83. The molecule has 0 spiro atoms. The van der Waals surface area contributed by atoms with Gasteiger partial charge < -0.3 is 5.11 Å². The van der Waals surface area contributed by atoms with Crippen LogP contribution in [0, 0.1) is 5.92 Å². The zero-order valence-corrected chi connectivity index (χ0v) is 7.52. The zero-order chi connectivity index (χ0) is 11.9. The van der Waals surface area contributed by atoms with E-state index in [0.717, 1.165) is 0 Å². The fourth-order valence-electron chi connectivity index (χ4n) is 1.60. The smallest absolute Gasteiger partial charge is 0.386 e. The summed E-state index contributed by atoms with van der Waals surface area (Å²) >= 11 is 0. The lowest BCUT2D eigenvalue weighted by molar-refractivity contribution is -0.317. The summed E-state index contributed by atoms with van der Waals surface area (Å²) in [6.45, 7) is 0. The molecular formula is C8H9F5O2. The number of alkyl halides is 5. The Kier molecular flexibility index (Phi) is 3.04. The van der Waals surface area contributed by atoms with Crippen molar-refractivity contribution in [1.82, 2.24) is 0 Å². The van der Waals surface area contributed by atoms with E-state index >= 15 is 0 Å². The molecule has 0 saturated heterocycles. The van der Waals surface area contributed by atoms with Crippen molar-refractivity contribution >= 4 is 5.78 Å². The van der Waals surface area contributed by atoms with Crippen LogP contribution in [0.4, 0.5) is 22.0 Å². The Bertz CT molecular complexity index is 260. The lowest BCUT2D eigenvalue weighted by Gasteiger charge is -2.27. The van der Waals surface area contributed by atoms with E-state index in [0.29, 0.717) is 0 Å². The molecule has 88 valence electrons. The summed E-state index contributed by atoms with van der Waals surface area (Å²) in [6.07, 6.45) is -8.71. The number of hydrogen-bond donors (Lipinski definition) is 1. The van der Waals surface area contributed by atoms with Gasteiger partial charge >= 0.3 is 12.1 Å². The van der Waals surface area contributed by atoms with Gasteiger partial charge in [0.05, 0.1) is 0 Å². The summed E-state index contributed by atoms with van der Waals surface area (Å²) < 4.78 is 60.8. The predicted octanol–water partition coefficient (Wildman–Crippen LogP) is 1.91. The number of aliphatic hydroxyl groups excluding tert-OH is 1. The lowest BCUT2D eigenvalue weighted by Crippen LogP contribution is -2.51. The first-order valence-corrected chi connectivity index (χ1v) is 4.33. The topological polar surface area (TPSA) is 37.3 Å². The molecular weight excluding hydrogens is 223 g/mol. The van der Waals surface area contributed by atoms with Gasteiger partial charge in [-0.15, -0.1) is 0 Å². The van der Waals surface area contributed by atoms with Crippen molar-refractivity contribution in [1.29, 1.82) is 0 Å². The van der Waals surface area contributed by atoms with E-state index in [9.17, 15) is 26.7 Å². The third kappa shape index (κ3) is 2.11. The molecule has 2 atom stereocenters. The summed E-state index contributed by atoms with van der Waals surface area (Å²) in [4.78, 5) is 10.9. The molecule has 1 saturated carbocycles. The van der Waals surface area contributed by atoms with Gasteiger partial charge in [-0.05, 0) is 12.8 Å². The van der Waals surface area contributed by atoms with Crippen LogP contribution >= 0.6 is 0 Å². The van der Waals surface area contributed by atoms with Gasteiger partial charge in [0.1, 0.15) is 11.9 Å². The maximum Gasteiger partial charge on any atom is 0.456 e. The van der Waals surface area contributed by atoms with Crippen molar-refractivity contribution in [2.45, 2.75) is 37.5 Å². The second-order valence-corrected chi connectivity index (χ2v) is 3.53. The molecule has 0 aliphatic heterocycles. The maximum atomic E-state index is 12.6. The van der Waals surface area contributed by atoms with E-state index in [1.54, 1.807) is 0 Å². The number of carbonyl (C=O) groups is 1. The molecule has 2 nitrogen and oxygen atoms in total. The minimum atomic E-state index is -5.82. The first-order valence-electron chi connectivity index (χ1n) is 4.33. The summed E-state index contributed by atoms with van der Waals surface area (Å²) in [5.41, 5.74) is 0.